The van der Waals surface area contributed by atoms with E-state index in [-0.39, 0.29) is 24.0 Å². The first kappa shape index (κ1) is 17.9. The number of amides is 2. The highest BCUT2D eigenvalue weighted by molar-refractivity contribution is 9.10. The second-order valence-electron chi connectivity index (χ2n) is 5.24. The van der Waals surface area contributed by atoms with Crippen molar-refractivity contribution in [2.75, 3.05) is 22.5 Å². The number of rotatable bonds is 5. The SMILES string of the molecule is CC(=O)Nc1cc(NCC(=O)Nc2ccc(Br)cc2C)ccc1F. The van der Waals surface area contributed by atoms with Gasteiger partial charge in [-0.2, -0.15) is 0 Å². The summed E-state index contributed by atoms with van der Waals surface area (Å²) in [5, 5.41) is 8.09. The van der Waals surface area contributed by atoms with Gasteiger partial charge in [-0.25, -0.2) is 4.39 Å². The number of benzene rings is 2. The predicted octanol–water partition coefficient (Wildman–Crippen LogP) is 3.91. The zero-order valence-corrected chi connectivity index (χ0v) is 14.8. The minimum absolute atomic E-state index is 0.0145. The fourth-order valence-electron chi connectivity index (χ4n) is 2.06. The molecule has 2 aromatic rings. The zero-order chi connectivity index (χ0) is 17.7. The Kier molecular flexibility index (Phi) is 5.92. The van der Waals surface area contributed by atoms with E-state index >= 15 is 0 Å². The minimum atomic E-state index is -0.536. The molecule has 0 saturated carbocycles. The molecule has 0 heterocycles. The van der Waals surface area contributed by atoms with Crippen molar-refractivity contribution >= 4 is 44.8 Å². The summed E-state index contributed by atoms with van der Waals surface area (Å²) >= 11 is 3.37. The van der Waals surface area contributed by atoms with Crippen molar-refractivity contribution in [3.63, 3.8) is 0 Å². The Labute approximate surface area is 147 Å². The van der Waals surface area contributed by atoms with E-state index in [1.54, 1.807) is 0 Å². The average molecular weight is 394 g/mol. The number of carbonyl (C=O) groups is 2. The van der Waals surface area contributed by atoms with Crippen LogP contribution in [0.5, 0.6) is 0 Å². The lowest BCUT2D eigenvalue weighted by Gasteiger charge is -2.11. The first-order valence-electron chi connectivity index (χ1n) is 7.22. The fourth-order valence-corrected chi connectivity index (χ4v) is 2.54. The molecule has 0 spiro atoms. The second-order valence-corrected chi connectivity index (χ2v) is 6.15. The van der Waals surface area contributed by atoms with E-state index in [1.807, 2.05) is 25.1 Å². The molecule has 0 radical (unpaired) electrons. The molecule has 0 atom stereocenters. The normalized spacial score (nSPS) is 10.2. The summed E-state index contributed by atoms with van der Waals surface area (Å²) in [6, 6.07) is 9.72. The van der Waals surface area contributed by atoms with Gasteiger partial charge in [0.15, 0.2) is 0 Å². The van der Waals surface area contributed by atoms with Gasteiger partial charge in [0.2, 0.25) is 11.8 Å². The van der Waals surface area contributed by atoms with Crippen molar-refractivity contribution in [3.8, 4) is 0 Å². The summed E-state index contributed by atoms with van der Waals surface area (Å²) in [4.78, 5) is 23.1. The van der Waals surface area contributed by atoms with Gasteiger partial charge in [0.05, 0.1) is 12.2 Å². The van der Waals surface area contributed by atoms with Crippen molar-refractivity contribution in [1.82, 2.24) is 0 Å². The van der Waals surface area contributed by atoms with Crippen LogP contribution in [-0.4, -0.2) is 18.4 Å². The predicted molar refractivity (Wildman–Crippen MR) is 96.7 cm³/mol. The second kappa shape index (κ2) is 7.92. The van der Waals surface area contributed by atoms with Gasteiger partial charge in [-0.15, -0.1) is 0 Å². The summed E-state index contributed by atoms with van der Waals surface area (Å²) in [6.45, 7) is 3.21. The number of hydrogen-bond donors (Lipinski definition) is 3. The van der Waals surface area contributed by atoms with Crippen LogP contribution >= 0.6 is 15.9 Å². The van der Waals surface area contributed by atoms with Crippen LogP contribution in [0.15, 0.2) is 40.9 Å². The largest absolute Gasteiger partial charge is 0.376 e. The molecule has 7 heteroatoms. The maximum absolute atomic E-state index is 13.6. The molecule has 0 fully saturated rings. The molecule has 2 rings (SSSR count). The first-order chi connectivity index (χ1) is 11.3. The Hall–Kier alpha value is -2.41. The molecule has 0 aliphatic heterocycles. The van der Waals surface area contributed by atoms with Gasteiger partial charge < -0.3 is 16.0 Å². The number of carbonyl (C=O) groups excluding carboxylic acids is 2. The summed E-state index contributed by atoms with van der Waals surface area (Å²) in [6.07, 6.45) is 0. The number of aryl methyl sites for hydroxylation is 1. The van der Waals surface area contributed by atoms with Crippen LogP contribution in [0.3, 0.4) is 0 Å². The number of halogens is 2. The van der Waals surface area contributed by atoms with Crippen LogP contribution in [0.1, 0.15) is 12.5 Å². The standard InChI is InChI=1S/C17H17BrFN3O2/c1-10-7-12(18)3-6-15(10)22-17(24)9-20-13-4-5-14(19)16(8-13)21-11(2)23/h3-8,20H,9H2,1-2H3,(H,21,23)(H,22,24). The van der Waals surface area contributed by atoms with Crippen molar-refractivity contribution in [2.24, 2.45) is 0 Å². The lowest BCUT2D eigenvalue weighted by atomic mass is 10.2. The van der Waals surface area contributed by atoms with Gasteiger partial charge in [0.25, 0.3) is 0 Å². The van der Waals surface area contributed by atoms with Crippen LogP contribution in [0.2, 0.25) is 0 Å². The Bertz CT molecular complexity index is 780. The Morgan fingerprint density at radius 3 is 2.50 bits per heavy atom. The summed E-state index contributed by atoms with van der Waals surface area (Å²) in [5.74, 6) is -1.13. The third-order valence-electron chi connectivity index (χ3n) is 3.19. The smallest absolute Gasteiger partial charge is 0.243 e. The van der Waals surface area contributed by atoms with E-state index in [9.17, 15) is 14.0 Å². The van der Waals surface area contributed by atoms with Crippen LogP contribution in [0, 0.1) is 12.7 Å². The molecule has 2 aromatic carbocycles. The third kappa shape index (κ3) is 5.06. The lowest BCUT2D eigenvalue weighted by molar-refractivity contribution is -0.115. The molecule has 2 amide bonds. The average Bonchev–Trinajstić information content (AvgIpc) is 2.50. The molecule has 0 bridgehead atoms. The van der Waals surface area contributed by atoms with Gasteiger partial charge in [0.1, 0.15) is 5.82 Å². The summed E-state index contributed by atoms with van der Waals surface area (Å²) in [5.41, 5.74) is 2.26. The zero-order valence-electron chi connectivity index (χ0n) is 13.2. The fraction of sp³-hybridized carbons (Fsp3) is 0.176. The van der Waals surface area contributed by atoms with Gasteiger partial charge in [0, 0.05) is 22.8 Å². The molecular formula is C17H17BrFN3O2. The molecule has 0 unspecified atom stereocenters. The number of nitrogens with one attached hydrogen (secondary N) is 3. The molecule has 0 aliphatic rings. The molecular weight excluding hydrogens is 377 g/mol. The maximum atomic E-state index is 13.6. The molecule has 24 heavy (non-hydrogen) atoms. The summed E-state index contributed by atoms with van der Waals surface area (Å²) < 4.78 is 14.5. The molecule has 0 saturated heterocycles. The Morgan fingerprint density at radius 2 is 1.83 bits per heavy atom. The van der Waals surface area contributed by atoms with Crippen molar-refractivity contribution in [2.45, 2.75) is 13.8 Å². The third-order valence-corrected chi connectivity index (χ3v) is 3.69. The van der Waals surface area contributed by atoms with Gasteiger partial charge in [-0.05, 0) is 48.9 Å². The molecule has 126 valence electrons. The molecule has 0 aliphatic carbocycles. The highest BCUT2D eigenvalue weighted by Gasteiger charge is 2.08. The van der Waals surface area contributed by atoms with Gasteiger partial charge in [-0.3, -0.25) is 9.59 Å². The molecule has 3 N–H and O–H groups in total. The Morgan fingerprint density at radius 1 is 1.08 bits per heavy atom. The van der Waals surface area contributed by atoms with E-state index < -0.39 is 5.82 Å². The quantitative estimate of drug-likeness (QED) is 0.721. The van der Waals surface area contributed by atoms with E-state index in [0.29, 0.717) is 5.69 Å². The first-order valence-corrected chi connectivity index (χ1v) is 8.01. The maximum Gasteiger partial charge on any atom is 0.243 e. The van der Waals surface area contributed by atoms with Crippen LogP contribution < -0.4 is 16.0 Å². The van der Waals surface area contributed by atoms with Crippen LogP contribution in [0.4, 0.5) is 21.5 Å². The van der Waals surface area contributed by atoms with Gasteiger partial charge in [-0.1, -0.05) is 15.9 Å². The van der Waals surface area contributed by atoms with Crippen molar-refractivity contribution in [3.05, 3.63) is 52.3 Å². The van der Waals surface area contributed by atoms with Gasteiger partial charge >= 0.3 is 0 Å². The Balaban J connectivity index is 1.97. The highest BCUT2D eigenvalue weighted by atomic mass is 79.9. The van der Waals surface area contributed by atoms with E-state index in [0.717, 1.165) is 15.7 Å². The van der Waals surface area contributed by atoms with E-state index in [1.165, 1.54) is 25.1 Å². The van der Waals surface area contributed by atoms with Crippen molar-refractivity contribution < 1.29 is 14.0 Å². The van der Waals surface area contributed by atoms with Crippen molar-refractivity contribution in [1.29, 1.82) is 0 Å². The van der Waals surface area contributed by atoms with Crippen LogP contribution in [0.25, 0.3) is 0 Å². The topological polar surface area (TPSA) is 70.2 Å². The lowest BCUT2D eigenvalue weighted by Crippen LogP contribution is -2.22. The van der Waals surface area contributed by atoms with Crippen LogP contribution in [-0.2, 0) is 9.59 Å². The van der Waals surface area contributed by atoms with E-state index in [4.69, 9.17) is 0 Å². The summed E-state index contributed by atoms with van der Waals surface area (Å²) in [7, 11) is 0. The molecule has 0 aromatic heterocycles. The molecule has 5 nitrogen and oxygen atoms in total. The minimum Gasteiger partial charge on any atom is -0.376 e. The highest BCUT2D eigenvalue weighted by Crippen LogP contribution is 2.21. The number of hydrogen-bond acceptors (Lipinski definition) is 3. The number of anilines is 3. The van der Waals surface area contributed by atoms with E-state index in [2.05, 4.69) is 31.9 Å². The monoisotopic (exact) mass is 393 g/mol.